The number of nitrogens with zero attached hydrogens (tertiary/aromatic N) is 4. The van der Waals surface area contributed by atoms with Crippen LogP contribution < -0.4 is 5.32 Å². The summed E-state index contributed by atoms with van der Waals surface area (Å²) in [6, 6.07) is 3.57. The Morgan fingerprint density at radius 2 is 2.41 bits per heavy atom. The molecule has 22 heavy (non-hydrogen) atoms. The predicted octanol–water partition coefficient (Wildman–Crippen LogP) is 2.37. The van der Waals surface area contributed by atoms with Gasteiger partial charge in [0.05, 0.1) is 12.2 Å². The molecule has 0 aliphatic carbocycles. The molecule has 0 amide bonds. The lowest BCUT2D eigenvalue weighted by molar-refractivity contribution is -0.139. The molecule has 3 heterocycles. The van der Waals surface area contributed by atoms with Crippen molar-refractivity contribution in [2.45, 2.75) is 32.7 Å². The third kappa shape index (κ3) is 2.61. The molecule has 1 atom stereocenters. The number of carbonyl (C=O) groups excluding carboxylic acids is 1. The highest BCUT2D eigenvalue weighted by molar-refractivity contribution is 7.10. The predicted molar refractivity (Wildman–Crippen MR) is 82.5 cm³/mol. The van der Waals surface area contributed by atoms with Crippen molar-refractivity contribution < 1.29 is 9.53 Å². The molecular formula is C14H17N5O2S. The summed E-state index contributed by atoms with van der Waals surface area (Å²) < 4.78 is 7.02. The SMILES string of the molecule is CCCCOC(=O)C1=C(C)Nc2nnnn2[C@H]1c1cccs1. The Balaban J connectivity index is 1.96. The number of hydrogen-bond acceptors (Lipinski definition) is 7. The first-order chi connectivity index (χ1) is 10.7. The lowest BCUT2D eigenvalue weighted by Crippen LogP contribution is -2.29. The van der Waals surface area contributed by atoms with Crippen LogP contribution in [0.15, 0.2) is 28.8 Å². The minimum atomic E-state index is -0.347. The molecular weight excluding hydrogens is 302 g/mol. The summed E-state index contributed by atoms with van der Waals surface area (Å²) in [6.07, 6.45) is 1.83. The summed E-state index contributed by atoms with van der Waals surface area (Å²) in [5.74, 6) is 0.207. The normalized spacial score (nSPS) is 17.1. The van der Waals surface area contributed by atoms with Gasteiger partial charge in [-0.2, -0.15) is 4.68 Å². The fraction of sp³-hybridized carbons (Fsp3) is 0.429. The summed E-state index contributed by atoms with van der Waals surface area (Å²) in [5, 5.41) is 16.7. The van der Waals surface area contributed by atoms with Crippen LogP contribution in [0.2, 0.25) is 0 Å². The molecule has 0 radical (unpaired) electrons. The Labute approximate surface area is 132 Å². The molecule has 0 fully saturated rings. The average molecular weight is 319 g/mol. The maximum atomic E-state index is 12.5. The number of hydrogen-bond donors (Lipinski definition) is 1. The molecule has 2 aromatic heterocycles. The van der Waals surface area contributed by atoms with Gasteiger partial charge in [-0.15, -0.1) is 11.3 Å². The number of esters is 1. The standard InChI is InChI=1S/C14H17N5O2S/c1-3-4-7-21-13(20)11-9(2)15-14-16-17-18-19(14)12(11)10-6-5-8-22-10/h5-6,8,12H,3-4,7H2,1-2H3,(H,15,16,18)/t12-/m0/s1. The second-order valence-electron chi connectivity index (χ2n) is 5.02. The molecule has 0 saturated heterocycles. The number of ether oxygens (including phenoxy) is 1. The Kier molecular flexibility index (Phi) is 4.19. The van der Waals surface area contributed by atoms with Gasteiger partial charge in [0, 0.05) is 10.6 Å². The number of unbranched alkanes of at least 4 members (excludes halogenated alkanes) is 1. The van der Waals surface area contributed by atoms with E-state index in [0.717, 1.165) is 23.4 Å². The summed E-state index contributed by atoms with van der Waals surface area (Å²) in [7, 11) is 0. The van der Waals surface area contributed by atoms with Crippen molar-refractivity contribution in [2.75, 3.05) is 11.9 Å². The number of thiophene rings is 1. The Morgan fingerprint density at radius 1 is 1.55 bits per heavy atom. The second-order valence-corrected chi connectivity index (χ2v) is 6.00. The Hall–Kier alpha value is -2.22. The summed E-state index contributed by atoms with van der Waals surface area (Å²) in [4.78, 5) is 13.5. The molecule has 0 spiro atoms. The monoisotopic (exact) mass is 319 g/mol. The first-order valence-electron chi connectivity index (χ1n) is 7.18. The van der Waals surface area contributed by atoms with E-state index in [9.17, 15) is 4.79 Å². The maximum absolute atomic E-state index is 12.5. The second kappa shape index (κ2) is 6.27. The van der Waals surface area contributed by atoms with Gasteiger partial charge >= 0.3 is 5.97 Å². The van der Waals surface area contributed by atoms with Crippen LogP contribution in [0.25, 0.3) is 0 Å². The van der Waals surface area contributed by atoms with Gasteiger partial charge in [-0.3, -0.25) is 0 Å². The van der Waals surface area contributed by atoms with E-state index in [1.54, 1.807) is 16.0 Å². The minimum absolute atomic E-state index is 0.321. The number of rotatable bonds is 5. The highest BCUT2D eigenvalue weighted by Crippen LogP contribution is 2.36. The smallest absolute Gasteiger partial charge is 0.338 e. The molecule has 0 bridgehead atoms. The summed E-state index contributed by atoms with van der Waals surface area (Å²) in [5.41, 5.74) is 1.28. The van der Waals surface area contributed by atoms with Gasteiger partial charge in [-0.05, 0) is 35.2 Å². The number of tetrazole rings is 1. The fourth-order valence-corrected chi connectivity index (χ4v) is 3.19. The quantitative estimate of drug-likeness (QED) is 0.673. The topological polar surface area (TPSA) is 81.9 Å². The summed E-state index contributed by atoms with van der Waals surface area (Å²) >= 11 is 1.56. The molecule has 8 heteroatoms. The fourth-order valence-electron chi connectivity index (χ4n) is 2.37. The Morgan fingerprint density at radius 3 is 3.14 bits per heavy atom. The van der Waals surface area contributed by atoms with Crippen molar-refractivity contribution in [3.05, 3.63) is 33.7 Å². The number of anilines is 1. The largest absolute Gasteiger partial charge is 0.462 e. The van der Waals surface area contributed by atoms with Crippen LogP contribution in [-0.2, 0) is 9.53 Å². The molecule has 1 aliphatic heterocycles. The molecule has 116 valence electrons. The zero-order valence-electron chi connectivity index (χ0n) is 12.4. The average Bonchev–Trinajstić information content (AvgIpc) is 3.16. The molecule has 2 aromatic rings. The van der Waals surface area contributed by atoms with Crippen LogP contribution in [0.4, 0.5) is 5.95 Å². The van der Waals surface area contributed by atoms with Gasteiger partial charge in [-0.1, -0.05) is 24.5 Å². The van der Waals surface area contributed by atoms with E-state index in [1.807, 2.05) is 24.4 Å². The van der Waals surface area contributed by atoms with Crippen molar-refractivity contribution in [1.82, 2.24) is 20.2 Å². The van der Waals surface area contributed by atoms with Crippen molar-refractivity contribution in [2.24, 2.45) is 0 Å². The van der Waals surface area contributed by atoms with Crippen LogP contribution in [0.1, 0.15) is 37.6 Å². The molecule has 0 saturated carbocycles. The zero-order valence-corrected chi connectivity index (χ0v) is 13.3. The van der Waals surface area contributed by atoms with Gasteiger partial charge < -0.3 is 10.1 Å². The van der Waals surface area contributed by atoms with E-state index in [2.05, 4.69) is 27.8 Å². The molecule has 0 unspecified atom stereocenters. The highest BCUT2D eigenvalue weighted by Gasteiger charge is 2.35. The zero-order chi connectivity index (χ0) is 15.5. The first-order valence-corrected chi connectivity index (χ1v) is 8.06. The Bertz CT molecular complexity index is 692. The van der Waals surface area contributed by atoms with Crippen molar-refractivity contribution in [3.63, 3.8) is 0 Å². The van der Waals surface area contributed by atoms with E-state index in [0.29, 0.717) is 18.1 Å². The van der Waals surface area contributed by atoms with Crippen LogP contribution in [0, 0.1) is 0 Å². The molecule has 0 aromatic carbocycles. The van der Waals surface area contributed by atoms with Crippen LogP contribution in [0.5, 0.6) is 0 Å². The van der Waals surface area contributed by atoms with Gasteiger partial charge in [0.1, 0.15) is 6.04 Å². The third-order valence-electron chi connectivity index (χ3n) is 3.48. The number of nitrogens with one attached hydrogen (secondary N) is 1. The minimum Gasteiger partial charge on any atom is -0.462 e. The van der Waals surface area contributed by atoms with Gasteiger partial charge in [-0.25, -0.2) is 4.79 Å². The van der Waals surface area contributed by atoms with Gasteiger partial charge in [0.15, 0.2) is 0 Å². The van der Waals surface area contributed by atoms with Crippen molar-refractivity contribution >= 4 is 23.3 Å². The number of carbonyl (C=O) groups is 1. The summed E-state index contributed by atoms with van der Waals surface area (Å²) in [6.45, 7) is 4.32. The molecule has 1 N–H and O–H groups in total. The molecule has 3 rings (SSSR count). The first kappa shape index (κ1) is 14.7. The number of allylic oxidation sites excluding steroid dienone is 1. The maximum Gasteiger partial charge on any atom is 0.338 e. The van der Waals surface area contributed by atoms with E-state index < -0.39 is 0 Å². The molecule has 7 nitrogen and oxygen atoms in total. The van der Waals surface area contributed by atoms with Gasteiger partial charge in [0.25, 0.3) is 0 Å². The van der Waals surface area contributed by atoms with Crippen LogP contribution in [-0.4, -0.2) is 32.8 Å². The van der Waals surface area contributed by atoms with E-state index in [-0.39, 0.29) is 12.0 Å². The van der Waals surface area contributed by atoms with E-state index in [1.165, 1.54) is 0 Å². The van der Waals surface area contributed by atoms with Crippen molar-refractivity contribution in [1.29, 1.82) is 0 Å². The van der Waals surface area contributed by atoms with Crippen LogP contribution in [0.3, 0.4) is 0 Å². The van der Waals surface area contributed by atoms with E-state index in [4.69, 9.17) is 4.74 Å². The number of fused-ring (bicyclic) bond motifs is 1. The number of aromatic nitrogens is 4. The van der Waals surface area contributed by atoms with Crippen molar-refractivity contribution in [3.8, 4) is 0 Å². The van der Waals surface area contributed by atoms with Crippen LogP contribution >= 0.6 is 11.3 Å². The molecule has 1 aliphatic rings. The lowest BCUT2D eigenvalue weighted by Gasteiger charge is -2.26. The van der Waals surface area contributed by atoms with Gasteiger partial charge in [0.2, 0.25) is 5.95 Å². The van der Waals surface area contributed by atoms with E-state index >= 15 is 0 Å². The highest BCUT2D eigenvalue weighted by atomic mass is 32.1. The third-order valence-corrected chi connectivity index (χ3v) is 4.40. The lowest BCUT2D eigenvalue weighted by atomic mass is 10.0.